The number of aromatic nitrogens is 4. The third-order valence-corrected chi connectivity index (χ3v) is 4.66. The zero-order chi connectivity index (χ0) is 18.4. The Kier molecular flexibility index (Phi) is 6.08. The second kappa shape index (κ2) is 8.68. The molecule has 1 amide bonds. The summed E-state index contributed by atoms with van der Waals surface area (Å²) in [5.41, 5.74) is 1.69. The number of nitrogens with zero attached hydrogens (tertiary/aromatic N) is 4. The van der Waals surface area contributed by atoms with Gasteiger partial charge < -0.3 is 10.1 Å². The number of amides is 1. The number of hydrogen-bond acceptors (Lipinski definition) is 6. The molecule has 2 aromatic carbocycles. The molecule has 0 saturated carbocycles. The molecule has 1 aromatic heterocycles. The first-order valence-electron chi connectivity index (χ1n) is 7.73. The van der Waals surface area contributed by atoms with Gasteiger partial charge in [-0.2, -0.15) is 4.68 Å². The van der Waals surface area contributed by atoms with Gasteiger partial charge in [-0.1, -0.05) is 47.6 Å². The number of thioether (sulfide) groups is 1. The lowest BCUT2D eigenvalue weighted by atomic mass is 10.2. The summed E-state index contributed by atoms with van der Waals surface area (Å²) in [6, 6.07) is 14.7. The van der Waals surface area contributed by atoms with Crippen LogP contribution in [-0.4, -0.2) is 39.0 Å². The van der Waals surface area contributed by atoms with Gasteiger partial charge in [-0.05, 0) is 40.3 Å². The molecule has 0 spiro atoms. The molecule has 0 aliphatic carbocycles. The van der Waals surface area contributed by atoms with Crippen molar-refractivity contribution in [3.8, 4) is 11.4 Å². The van der Waals surface area contributed by atoms with Crippen molar-refractivity contribution in [1.82, 2.24) is 25.5 Å². The first kappa shape index (κ1) is 18.2. The molecule has 134 valence electrons. The lowest BCUT2D eigenvalue weighted by Crippen LogP contribution is -2.24. The van der Waals surface area contributed by atoms with Crippen LogP contribution in [0.3, 0.4) is 0 Å². The lowest BCUT2D eigenvalue weighted by molar-refractivity contribution is -0.118. The zero-order valence-corrected chi connectivity index (χ0v) is 15.5. The van der Waals surface area contributed by atoms with E-state index in [0.717, 1.165) is 5.56 Å². The van der Waals surface area contributed by atoms with Crippen LogP contribution in [0.5, 0.6) is 5.75 Å². The lowest BCUT2D eigenvalue weighted by Gasteiger charge is -2.09. The summed E-state index contributed by atoms with van der Waals surface area (Å²) < 4.78 is 6.88. The molecule has 0 unspecified atom stereocenters. The molecule has 7 nitrogen and oxygen atoms in total. The fourth-order valence-corrected chi connectivity index (χ4v) is 3.05. The monoisotopic (exact) mass is 389 g/mol. The van der Waals surface area contributed by atoms with Crippen LogP contribution in [0.2, 0.25) is 5.02 Å². The minimum absolute atomic E-state index is 0.112. The predicted molar refractivity (Wildman–Crippen MR) is 99.7 cm³/mol. The Balaban J connectivity index is 1.59. The van der Waals surface area contributed by atoms with Gasteiger partial charge in [0.1, 0.15) is 11.4 Å². The van der Waals surface area contributed by atoms with E-state index in [1.54, 1.807) is 23.9 Å². The molecule has 0 fully saturated rings. The molecule has 1 heterocycles. The normalized spacial score (nSPS) is 10.5. The van der Waals surface area contributed by atoms with Gasteiger partial charge in [0.2, 0.25) is 11.1 Å². The second-order valence-corrected chi connectivity index (χ2v) is 6.62. The molecule has 0 bridgehead atoms. The van der Waals surface area contributed by atoms with Gasteiger partial charge in [0, 0.05) is 11.6 Å². The number of benzene rings is 2. The van der Waals surface area contributed by atoms with Crippen LogP contribution in [0.25, 0.3) is 5.69 Å². The second-order valence-electron chi connectivity index (χ2n) is 5.24. The van der Waals surface area contributed by atoms with Crippen molar-refractivity contribution in [3.05, 3.63) is 59.1 Å². The van der Waals surface area contributed by atoms with E-state index < -0.39 is 0 Å². The van der Waals surface area contributed by atoms with Crippen molar-refractivity contribution >= 4 is 29.3 Å². The molecule has 0 aliphatic heterocycles. The van der Waals surface area contributed by atoms with E-state index in [1.165, 1.54) is 11.8 Å². The Hall–Kier alpha value is -2.58. The van der Waals surface area contributed by atoms with Crippen molar-refractivity contribution in [2.24, 2.45) is 0 Å². The SMILES string of the molecule is COc1ccccc1-n1nnnc1SCC(=O)NCc1ccc(Cl)cc1. The minimum atomic E-state index is -0.112. The van der Waals surface area contributed by atoms with Gasteiger partial charge in [0.25, 0.3) is 0 Å². The minimum Gasteiger partial charge on any atom is -0.494 e. The van der Waals surface area contributed by atoms with Gasteiger partial charge in [-0.25, -0.2) is 0 Å². The van der Waals surface area contributed by atoms with Gasteiger partial charge in [0.05, 0.1) is 12.9 Å². The molecule has 9 heteroatoms. The zero-order valence-electron chi connectivity index (χ0n) is 13.9. The Labute approximate surface area is 159 Å². The number of carbonyl (C=O) groups is 1. The number of hydrogen-bond donors (Lipinski definition) is 1. The summed E-state index contributed by atoms with van der Waals surface area (Å²) in [5, 5.41) is 15.7. The van der Waals surface area contributed by atoms with Crippen molar-refractivity contribution < 1.29 is 9.53 Å². The number of tetrazole rings is 1. The molecular formula is C17H16ClN5O2S. The van der Waals surface area contributed by atoms with E-state index in [1.807, 2.05) is 36.4 Å². The van der Waals surface area contributed by atoms with Gasteiger partial charge >= 0.3 is 0 Å². The summed E-state index contributed by atoms with van der Waals surface area (Å²) in [4.78, 5) is 12.1. The fourth-order valence-electron chi connectivity index (χ4n) is 2.21. The quantitative estimate of drug-likeness (QED) is 0.626. The van der Waals surface area contributed by atoms with Gasteiger partial charge in [0.15, 0.2) is 0 Å². The van der Waals surface area contributed by atoms with Crippen molar-refractivity contribution in [2.45, 2.75) is 11.7 Å². The van der Waals surface area contributed by atoms with E-state index in [9.17, 15) is 4.79 Å². The molecule has 0 saturated heterocycles. The molecule has 3 rings (SSSR count). The Morgan fingerprint density at radius 3 is 2.77 bits per heavy atom. The topological polar surface area (TPSA) is 81.9 Å². The number of ether oxygens (including phenoxy) is 1. The molecule has 0 radical (unpaired) electrons. The third-order valence-electron chi connectivity index (χ3n) is 3.49. The molecule has 3 aromatic rings. The number of para-hydroxylation sites is 2. The van der Waals surface area contributed by atoms with Crippen LogP contribution < -0.4 is 10.1 Å². The summed E-state index contributed by atoms with van der Waals surface area (Å²) >= 11 is 7.10. The number of nitrogens with one attached hydrogen (secondary N) is 1. The van der Waals surface area contributed by atoms with E-state index in [-0.39, 0.29) is 11.7 Å². The fraction of sp³-hybridized carbons (Fsp3) is 0.176. The maximum absolute atomic E-state index is 12.1. The van der Waals surface area contributed by atoms with Crippen molar-refractivity contribution in [2.75, 3.05) is 12.9 Å². The summed E-state index contributed by atoms with van der Waals surface area (Å²) in [6.45, 7) is 0.439. The highest BCUT2D eigenvalue weighted by atomic mass is 35.5. The first-order chi connectivity index (χ1) is 12.7. The third kappa shape index (κ3) is 4.53. The molecule has 0 atom stereocenters. The summed E-state index contributed by atoms with van der Waals surface area (Å²) in [7, 11) is 1.58. The number of methoxy groups -OCH3 is 1. The van der Waals surface area contributed by atoms with Crippen molar-refractivity contribution in [1.29, 1.82) is 0 Å². The smallest absolute Gasteiger partial charge is 0.230 e. The van der Waals surface area contributed by atoms with E-state index in [0.29, 0.717) is 28.2 Å². The van der Waals surface area contributed by atoms with E-state index >= 15 is 0 Å². The molecule has 0 aliphatic rings. The Morgan fingerprint density at radius 2 is 2.00 bits per heavy atom. The largest absolute Gasteiger partial charge is 0.494 e. The van der Waals surface area contributed by atoms with Crippen LogP contribution in [0.4, 0.5) is 0 Å². The highest BCUT2D eigenvalue weighted by molar-refractivity contribution is 7.99. The Morgan fingerprint density at radius 1 is 1.23 bits per heavy atom. The number of carbonyl (C=O) groups excluding carboxylic acids is 1. The van der Waals surface area contributed by atoms with Crippen molar-refractivity contribution in [3.63, 3.8) is 0 Å². The molecule has 26 heavy (non-hydrogen) atoms. The molecular weight excluding hydrogens is 374 g/mol. The summed E-state index contributed by atoms with van der Waals surface area (Å²) in [5.74, 6) is 0.733. The van der Waals surface area contributed by atoms with Gasteiger partial charge in [-0.15, -0.1) is 5.10 Å². The number of rotatable bonds is 7. The maximum Gasteiger partial charge on any atom is 0.230 e. The Bertz CT molecular complexity index is 885. The van der Waals surface area contributed by atoms with E-state index in [2.05, 4.69) is 20.8 Å². The standard InChI is InChI=1S/C17H16ClN5O2S/c1-25-15-5-3-2-4-14(15)23-17(20-21-22-23)26-11-16(24)19-10-12-6-8-13(18)9-7-12/h2-9H,10-11H2,1H3,(H,19,24). The van der Waals surface area contributed by atoms with E-state index in [4.69, 9.17) is 16.3 Å². The highest BCUT2D eigenvalue weighted by Gasteiger charge is 2.14. The van der Waals surface area contributed by atoms with Gasteiger partial charge in [-0.3, -0.25) is 4.79 Å². The highest BCUT2D eigenvalue weighted by Crippen LogP contribution is 2.25. The molecule has 1 N–H and O–H groups in total. The maximum atomic E-state index is 12.1. The van der Waals surface area contributed by atoms with Crippen LogP contribution in [-0.2, 0) is 11.3 Å². The van der Waals surface area contributed by atoms with Crippen LogP contribution >= 0.6 is 23.4 Å². The summed E-state index contributed by atoms with van der Waals surface area (Å²) in [6.07, 6.45) is 0. The van der Waals surface area contributed by atoms with Crippen LogP contribution in [0.1, 0.15) is 5.56 Å². The van der Waals surface area contributed by atoms with Crippen LogP contribution in [0, 0.1) is 0 Å². The van der Waals surface area contributed by atoms with Crippen LogP contribution in [0.15, 0.2) is 53.7 Å². The predicted octanol–water partition coefficient (Wildman–Crippen LogP) is 2.73. The number of halogens is 1. The first-order valence-corrected chi connectivity index (χ1v) is 9.09. The average molecular weight is 390 g/mol. The average Bonchev–Trinajstić information content (AvgIpc) is 3.14.